The van der Waals surface area contributed by atoms with Gasteiger partial charge < -0.3 is 15.5 Å². The lowest BCUT2D eigenvalue weighted by molar-refractivity contribution is 0.160. The van der Waals surface area contributed by atoms with Gasteiger partial charge in [0.1, 0.15) is 22.7 Å². The minimum Gasteiger partial charge on any atom is -0.508 e. The highest BCUT2D eigenvalue weighted by atomic mass is 32.1. The van der Waals surface area contributed by atoms with E-state index in [-0.39, 0.29) is 11.8 Å². The summed E-state index contributed by atoms with van der Waals surface area (Å²) in [6.45, 7) is 4.24. The van der Waals surface area contributed by atoms with Gasteiger partial charge in [-0.25, -0.2) is 9.97 Å². The van der Waals surface area contributed by atoms with Gasteiger partial charge in [0, 0.05) is 4.88 Å². The third kappa shape index (κ3) is 3.15. The molecule has 136 valence electrons. The fourth-order valence-electron chi connectivity index (χ4n) is 3.64. The van der Waals surface area contributed by atoms with Crippen LogP contribution in [0.5, 0.6) is 5.75 Å². The van der Waals surface area contributed by atoms with E-state index in [9.17, 15) is 10.2 Å². The molecular formula is C20H23N3O2S. The van der Waals surface area contributed by atoms with Crippen molar-refractivity contribution in [3.8, 4) is 5.75 Å². The maximum atomic E-state index is 10.7. The summed E-state index contributed by atoms with van der Waals surface area (Å²) in [6, 6.07) is 6.42. The standard InChI is InChI=1S/C20H23N3O2S/c1-11-3-8-15-16(9-11)26-20-17(15)19(21-10-22-20)23-12(2)18(25)13-4-6-14(24)7-5-13/h4-7,10-12,18,24-25H,3,8-9H2,1-2H3,(H,21,22,23)/t11-,12-,18-/m1/s1. The number of aryl methyl sites for hydroxylation is 1. The molecule has 0 aliphatic heterocycles. The summed E-state index contributed by atoms with van der Waals surface area (Å²) in [5, 5.41) is 24.6. The third-order valence-electron chi connectivity index (χ3n) is 5.16. The Bertz CT molecular complexity index is 923. The maximum Gasteiger partial charge on any atom is 0.138 e. The third-order valence-corrected chi connectivity index (χ3v) is 6.33. The Morgan fingerprint density at radius 1 is 1.23 bits per heavy atom. The quantitative estimate of drug-likeness (QED) is 0.646. The molecule has 2 aromatic heterocycles. The number of aromatic nitrogens is 2. The summed E-state index contributed by atoms with van der Waals surface area (Å²) < 4.78 is 0. The van der Waals surface area contributed by atoms with E-state index < -0.39 is 6.10 Å². The Labute approximate surface area is 156 Å². The number of aliphatic hydroxyl groups excluding tert-OH is 1. The van der Waals surface area contributed by atoms with Crippen LogP contribution in [0.25, 0.3) is 10.2 Å². The number of phenols is 1. The molecule has 6 heteroatoms. The van der Waals surface area contributed by atoms with Crippen LogP contribution in [-0.2, 0) is 12.8 Å². The van der Waals surface area contributed by atoms with E-state index in [4.69, 9.17) is 0 Å². The molecule has 0 bridgehead atoms. The minimum atomic E-state index is -0.699. The average molecular weight is 369 g/mol. The molecule has 0 radical (unpaired) electrons. The lowest BCUT2D eigenvalue weighted by Gasteiger charge is -2.22. The van der Waals surface area contributed by atoms with E-state index >= 15 is 0 Å². The zero-order valence-corrected chi connectivity index (χ0v) is 15.8. The molecule has 0 saturated carbocycles. The van der Waals surface area contributed by atoms with Crippen LogP contribution in [0.15, 0.2) is 30.6 Å². The van der Waals surface area contributed by atoms with E-state index in [0.717, 1.165) is 40.4 Å². The summed E-state index contributed by atoms with van der Waals surface area (Å²) in [5.74, 6) is 1.71. The molecule has 1 aromatic carbocycles. The van der Waals surface area contributed by atoms with Crippen molar-refractivity contribution in [3.05, 3.63) is 46.6 Å². The van der Waals surface area contributed by atoms with Gasteiger partial charge in [0.25, 0.3) is 0 Å². The number of nitrogens with one attached hydrogen (secondary N) is 1. The maximum absolute atomic E-state index is 10.7. The number of hydrogen-bond donors (Lipinski definition) is 3. The van der Waals surface area contributed by atoms with Crippen LogP contribution in [-0.4, -0.2) is 26.2 Å². The second kappa shape index (κ2) is 6.85. The number of nitrogens with zero attached hydrogens (tertiary/aromatic N) is 2. The highest BCUT2D eigenvalue weighted by molar-refractivity contribution is 7.19. The van der Waals surface area contributed by atoms with Gasteiger partial charge in [0.2, 0.25) is 0 Å². The molecule has 3 aromatic rings. The van der Waals surface area contributed by atoms with Gasteiger partial charge in [-0.05, 0) is 55.4 Å². The monoisotopic (exact) mass is 369 g/mol. The van der Waals surface area contributed by atoms with Crippen LogP contribution in [0.3, 0.4) is 0 Å². The molecule has 26 heavy (non-hydrogen) atoms. The average Bonchev–Trinajstić information content (AvgIpc) is 3.00. The number of hydrogen-bond acceptors (Lipinski definition) is 6. The first-order valence-electron chi connectivity index (χ1n) is 9.01. The Hall–Kier alpha value is -2.18. The second-order valence-corrected chi connectivity index (χ2v) is 8.31. The number of rotatable bonds is 4. The number of fused-ring (bicyclic) bond motifs is 3. The van der Waals surface area contributed by atoms with Crippen molar-refractivity contribution in [1.29, 1.82) is 0 Å². The van der Waals surface area contributed by atoms with Gasteiger partial charge in [-0.15, -0.1) is 11.3 Å². The van der Waals surface area contributed by atoms with Crippen molar-refractivity contribution in [2.45, 2.75) is 45.3 Å². The highest BCUT2D eigenvalue weighted by Crippen LogP contribution is 2.40. The molecule has 0 saturated heterocycles. The highest BCUT2D eigenvalue weighted by Gasteiger charge is 2.24. The van der Waals surface area contributed by atoms with Crippen LogP contribution >= 0.6 is 11.3 Å². The summed E-state index contributed by atoms with van der Waals surface area (Å²) >= 11 is 1.77. The van der Waals surface area contributed by atoms with Gasteiger partial charge in [0.15, 0.2) is 0 Å². The molecule has 3 atom stereocenters. The lowest BCUT2D eigenvalue weighted by Crippen LogP contribution is -2.25. The van der Waals surface area contributed by atoms with Crippen LogP contribution in [0.1, 0.15) is 42.4 Å². The van der Waals surface area contributed by atoms with E-state index in [1.54, 1.807) is 41.9 Å². The Balaban J connectivity index is 1.63. The Morgan fingerprint density at radius 2 is 2.00 bits per heavy atom. The molecule has 0 fully saturated rings. The molecule has 1 aliphatic rings. The van der Waals surface area contributed by atoms with E-state index in [1.165, 1.54) is 16.9 Å². The lowest BCUT2D eigenvalue weighted by atomic mass is 9.89. The van der Waals surface area contributed by atoms with Crippen LogP contribution in [0, 0.1) is 5.92 Å². The molecule has 5 nitrogen and oxygen atoms in total. The second-order valence-electron chi connectivity index (χ2n) is 7.22. The Kier molecular flexibility index (Phi) is 4.54. The fraction of sp³-hybridized carbons (Fsp3) is 0.400. The van der Waals surface area contributed by atoms with Crippen molar-refractivity contribution < 1.29 is 10.2 Å². The summed E-state index contributed by atoms with van der Waals surface area (Å²) in [6.07, 6.45) is 4.26. The van der Waals surface area contributed by atoms with Gasteiger partial charge in [-0.3, -0.25) is 0 Å². The zero-order valence-electron chi connectivity index (χ0n) is 14.9. The van der Waals surface area contributed by atoms with Crippen LogP contribution < -0.4 is 5.32 Å². The molecule has 2 heterocycles. The van der Waals surface area contributed by atoms with Crippen molar-refractivity contribution in [1.82, 2.24) is 9.97 Å². The summed E-state index contributed by atoms with van der Waals surface area (Å²) in [7, 11) is 0. The number of anilines is 1. The normalized spacial score (nSPS) is 19.1. The van der Waals surface area contributed by atoms with Crippen molar-refractivity contribution >= 4 is 27.4 Å². The molecule has 3 N–H and O–H groups in total. The fourth-order valence-corrected chi connectivity index (χ4v) is 4.99. The Morgan fingerprint density at radius 3 is 2.77 bits per heavy atom. The van der Waals surface area contributed by atoms with Crippen molar-refractivity contribution in [2.75, 3.05) is 5.32 Å². The topological polar surface area (TPSA) is 78.3 Å². The first-order chi connectivity index (χ1) is 12.5. The van der Waals surface area contributed by atoms with Gasteiger partial charge >= 0.3 is 0 Å². The summed E-state index contributed by atoms with van der Waals surface area (Å²) in [4.78, 5) is 11.4. The van der Waals surface area contributed by atoms with Gasteiger partial charge in [-0.2, -0.15) is 0 Å². The zero-order chi connectivity index (χ0) is 18.3. The first-order valence-corrected chi connectivity index (χ1v) is 9.83. The molecular weight excluding hydrogens is 346 g/mol. The van der Waals surface area contributed by atoms with E-state index in [0.29, 0.717) is 0 Å². The SMILES string of the molecule is C[C@@H]1CCc2c(sc3ncnc(N[C@H](C)[C@@H](O)c4ccc(O)cc4)c23)C1. The van der Waals surface area contributed by atoms with E-state index in [1.807, 2.05) is 6.92 Å². The van der Waals surface area contributed by atoms with Gasteiger partial charge in [-0.1, -0.05) is 19.1 Å². The molecule has 0 unspecified atom stereocenters. The smallest absolute Gasteiger partial charge is 0.138 e. The number of benzene rings is 1. The molecule has 4 rings (SSSR count). The van der Waals surface area contributed by atoms with Gasteiger partial charge in [0.05, 0.1) is 17.5 Å². The molecule has 0 amide bonds. The van der Waals surface area contributed by atoms with Crippen LogP contribution in [0.2, 0.25) is 0 Å². The minimum absolute atomic E-state index is 0.193. The number of aliphatic hydroxyl groups is 1. The van der Waals surface area contributed by atoms with Crippen molar-refractivity contribution in [3.63, 3.8) is 0 Å². The predicted octanol–water partition coefficient (Wildman–Crippen LogP) is 4.06. The van der Waals surface area contributed by atoms with Crippen LogP contribution in [0.4, 0.5) is 5.82 Å². The summed E-state index contributed by atoms with van der Waals surface area (Å²) in [5.41, 5.74) is 2.13. The number of phenolic OH excluding ortho intramolecular Hbond substituents is 1. The molecule has 1 aliphatic carbocycles. The predicted molar refractivity (Wildman–Crippen MR) is 105 cm³/mol. The largest absolute Gasteiger partial charge is 0.508 e. The number of aromatic hydroxyl groups is 1. The van der Waals surface area contributed by atoms with E-state index in [2.05, 4.69) is 22.2 Å². The molecule has 0 spiro atoms. The van der Waals surface area contributed by atoms with Crippen molar-refractivity contribution in [2.24, 2.45) is 5.92 Å². The first kappa shape index (κ1) is 17.2. The number of thiophene rings is 1.